The van der Waals surface area contributed by atoms with Crippen molar-refractivity contribution in [1.82, 2.24) is 0 Å². The number of carbonyl (C=O) groups excluding carboxylic acids is 2. The Kier molecular flexibility index (Phi) is 3.85. The Labute approximate surface area is 216 Å². The topological polar surface area (TPSA) is 130 Å². The van der Waals surface area contributed by atoms with Crippen molar-refractivity contribution in [2.75, 3.05) is 0 Å². The van der Waals surface area contributed by atoms with Crippen LogP contribution >= 0.6 is 0 Å². The maximum Gasteiger partial charge on any atom is 0.338 e. The molecule has 10 heteroatoms. The van der Waals surface area contributed by atoms with Crippen LogP contribution in [0.25, 0.3) is 0 Å². The van der Waals surface area contributed by atoms with Crippen molar-refractivity contribution in [3.63, 3.8) is 0 Å². The third-order valence-corrected chi connectivity index (χ3v) is 9.41. The van der Waals surface area contributed by atoms with Gasteiger partial charge in [-0.3, -0.25) is 0 Å². The van der Waals surface area contributed by atoms with E-state index in [1.165, 1.54) is 0 Å². The molecule has 2 saturated carbocycles. The van der Waals surface area contributed by atoms with Crippen molar-refractivity contribution in [3.8, 4) is 0 Å². The van der Waals surface area contributed by atoms with Gasteiger partial charge < -0.3 is 38.6 Å². The fourth-order valence-corrected chi connectivity index (χ4v) is 7.79. The molecule has 2 N–H and O–H groups in total. The molecule has 0 radical (unpaired) electrons. The number of rotatable bonds is 0. The predicted molar refractivity (Wildman–Crippen MR) is 122 cm³/mol. The van der Waals surface area contributed by atoms with Crippen LogP contribution in [0.2, 0.25) is 0 Å². The highest BCUT2D eigenvalue weighted by molar-refractivity contribution is 5.83. The molecular weight excluding hydrogens is 496 g/mol. The molecule has 196 valence electrons. The van der Waals surface area contributed by atoms with Gasteiger partial charge in [-0.2, -0.15) is 0 Å². The van der Waals surface area contributed by atoms with E-state index in [1.807, 2.05) is 48.5 Å². The summed E-state index contributed by atoms with van der Waals surface area (Å²) < 4.78 is 37.9. The molecule has 0 aromatic heterocycles. The standard InChI is InChI=1S/C28H24O10/c29-23-25(31)9-17(33-23)21-19(11-25)35-27(37-21)13-5-1-2-6-14(13)28(16-8-4-3-7-15(16)27)36-20-12-26(32)10-18(22(20)38-28)34-24(26)30/h1-8,17-22,31-32H,9-12H2. The lowest BCUT2D eigenvalue weighted by Crippen LogP contribution is -2.47. The van der Waals surface area contributed by atoms with E-state index in [0.717, 1.165) is 0 Å². The zero-order chi connectivity index (χ0) is 25.7. The normalized spacial score (nSPS) is 48.9. The predicted octanol–water partition coefficient (Wildman–Crippen LogP) is 0.871. The highest BCUT2D eigenvalue weighted by Gasteiger charge is 2.70. The summed E-state index contributed by atoms with van der Waals surface area (Å²) in [5, 5.41) is 21.8. The van der Waals surface area contributed by atoms with E-state index in [4.69, 9.17) is 28.4 Å². The lowest BCUT2D eigenvalue weighted by molar-refractivity contribution is -0.201. The van der Waals surface area contributed by atoms with Crippen molar-refractivity contribution >= 4 is 11.9 Å². The SMILES string of the molecule is O=C1OC2CC1(O)CC1OC3(OC21)c1ccccc1C1(OC2CC4(O)CC(OC4=O)C2O1)c1ccccc13. The molecule has 2 aromatic rings. The number of esters is 2. The number of fused-ring (bicyclic) bond motifs is 14. The molecule has 4 heterocycles. The molecule has 6 fully saturated rings. The van der Waals surface area contributed by atoms with Crippen molar-refractivity contribution in [1.29, 1.82) is 0 Å². The number of ether oxygens (including phenoxy) is 6. The van der Waals surface area contributed by atoms with Gasteiger partial charge in [0.15, 0.2) is 11.2 Å². The zero-order valence-corrected chi connectivity index (χ0v) is 20.1. The van der Waals surface area contributed by atoms with E-state index in [1.54, 1.807) is 0 Å². The first-order valence-electron chi connectivity index (χ1n) is 13.0. The molecule has 8 atom stereocenters. The number of aliphatic hydroxyl groups is 2. The molecule has 4 aliphatic heterocycles. The molecule has 0 amide bonds. The fourth-order valence-electron chi connectivity index (χ4n) is 7.79. The Balaban J connectivity index is 1.19. The van der Waals surface area contributed by atoms with Crippen molar-refractivity contribution < 1.29 is 48.2 Å². The Morgan fingerprint density at radius 1 is 0.553 bits per heavy atom. The summed E-state index contributed by atoms with van der Waals surface area (Å²) in [6.07, 6.45) is -3.02. The largest absolute Gasteiger partial charge is 0.457 e. The third-order valence-electron chi connectivity index (χ3n) is 9.41. The van der Waals surface area contributed by atoms with Gasteiger partial charge in [-0.25, -0.2) is 9.59 Å². The Hall–Kier alpha value is -2.86. The van der Waals surface area contributed by atoms with E-state index >= 15 is 0 Å². The van der Waals surface area contributed by atoms with E-state index in [0.29, 0.717) is 22.3 Å². The first kappa shape index (κ1) is 22.0. The molecule has 4 bridgehead atoms. The minimum absolute atomic E-state index is 0.0764. The van der Waals surface area contributed by atoms with Crippen LogP contribution in [0.5, 0.6) is 0 Å². The molecule has 10 nitrogen and oxygen atoms in total. The summed E-state index contributed by atoms with van der Waals surface area (Å²) in [6, 6.07) is 15.1. The maximum atomic E-state index is 12.3. The number of hydrogen-bond donors (Lipinski definition) is 2. The van der Waals surface area contributed by atoms with Crippen LogP contribution in [0, 0.1) is 0 Å². The van der Waals surface area contributed by atoms with E-state index < -0.39 is 71.3 Å². The van der Waals surface area contributed by atoms with Gasteiger partial charge in [0.2, 0.25) is 11.6 Å². The second kappa shape index (κ2) is 6.64. The molecule has 9 rings (SSSR count). The van der Waals surface area contributed by atoms with Crippen molar-refractivity contribution in [3.05, 3.63) is 70.8 Å². The molecular formula is C28H24O10. The van der Waals surface area contributed by atoms with Gasteiger partial charge in [0.25, 0.3) is 0 Å². The summed E-state index contributed by atoms with van der Waals surface area (Å²) in [4.78, 5) is 24.6. The van der Waals surface area contributed by atoms with Gasteiger partial charge in [-0.1, -0.05) is 48.5 Å². The van der Waals surface area contributed by atoms with Crippen LogP contribution in [0.3, 0.4) is 0 Å². The van der Waals surface area contributed by atoms with Crippen molar-refractivity contribution in [2.45, 2.75) is 85.1 Å². The van der Waals surface area contributed by atoms with Gasteiger partial charge in [-0.15, -0.1) is 0 Å². The van der Waals surface area contributed by atoms with Gasteiger partial charge in [0.05, 0.1) is 12.2 Å². The Bertz CT molecular complexity index is 1280. The monoisotopic (exact) mass is 520 g/mol. The first-order chi connectivity index (χ1) is 18.2. The molecule has 7 aliphatic rings. The van der Waals surface area contributed by atoms with Gasteiger partial charge in [0.1, 0.15) is 24.4 Å². The van der Waals surface area contributed by atoms with Crippen LogP contribution in [-0.2, 0) is 49.6 Å². The molecule has 2 aromatic carbocycles. The maximum absolute atomic E-state index is 12.3. The fraction of sp³-hybridized carbons (Fsp3) is 0.500. The van der Waals surface area contributed by atoms with Crippen LogP contribution < -0.4 is 0 Å². The van der Waals surface area contributed by atoms with Crippen LogP contribution in [0.1, 0.15) is 47.9 Å². The number of benzene rings is 2. The second-order valence-corrected chi connectivity index (χ2v) is 11.6. The number of hydrogen-bond acceptors (Lipinski definition) is 10. The van der Waals surface area contributed by atoms with E-state index in [-0.39, 0.29) is 25.7 Å². The lowest BCUT2D eigenvalue weighted by Gasteiger charge is -2.44. The summed E-state index contributed by atoms with van der Waals surface area (Å²) in [5.74, 6) is -3.95. The van der Waals surface area contributed by atoms with Gasteiger partial charge in [0, 0.05) is 47.9 Å². The van der Waals surface area contributed by atoms with Crippen LogP contribution in [-0.4, -0.2) is 70.0 Å². The zero-order valence-electron chi connectivity index (χ0n) is 20.1. The molecule has 8 unspecified atom stereocenters. The molecule has 2 spiro atoms. The minimum Gasteiger partial charge on any atom is -0.457 e. The number of carbonyl (C=O) groups is 2. The quantitative estimate of drug-likeness (QED) is 0.483. The molecule has 3 aliphatic carbocycles. The van der Waals surface area contributed by atoms with E-state index in [2.05, 4.69) is 0 Å². The highest BCUT2D eigenvalue weighted by atomic mass is 16.8. The summed E-state index contributed by atoms with van der Waals surface area (Å²) in [7, 11) is 0. The molecule has 4 saturated heterocycles. The highest BCUT2D eigenvalue weighted by Crippen LogP contribution is 2.61. The summed E-state index contributed by atoms with van der Waals surface area (Å²) >= 11 is 0. The average Bonchev–Trinajstić information content (AvgIpc) is 3.60. The minimum atomic E-state index is -1.58. The Morgan fingerprint density at radius 2 is 0.895 bits per heavy atom. The average molecular weight is 520 g/mol. The third kappa shape index (κ3) is 2.41. The lowest BCUT2D eigenvalue weighted by atomic mass is 9.77. The molecule has 38 heavy (non-hydrogen) atoms. The van der Waals surface area contributed by atoms with Crippen LogP contribution in [0.4, 0.5) is 0 Å². The Morgan fingerprint density at radius 3 is 1.26 bits per heavy atom. The summed E-state index contributed by atoms with van der Waals surface area (Å²) in [5.41, 5.74) is -0.438. The van der Waals surface area contributed by atoms with Crippen LogP contribution in [0.15, 0.2) is 48.5 Å². The van der Waals surface area contributed by atoms with Gasteiger partial charge in [-0.05, 0) is 0 Å². The first-order valence-corrected chi connectivity index (χ1v) is 13.0. The summed E-state index contributed by atoms with van der Waals surface area (Å²) in [6.45, 7) is 0. The van der Waals surface area contributed by atoms with Gasteiger partial charge >= 0.3 is 11.9 Å². The van der Waals surface area contributed by atoms with E-state index in [9.17, 15) is 19.8 Å². The second-order valence-electron chi connectivity index (χ2n) is 11.6. The smallest absolute Gasteiger partial charge is 0.338 e. The van der Waals surface area contributed by atoms with Crippen molar-refractivity contribution in [2.24, 2.45) is 0 Å².